The minimum absolute atomic E-state index is 0.0224. The van der Waals surface area contributed by atoms with Gasteiger partial charge >= 0.3 is 11.7 Å². The van der Waals surface area contributed by atoms with Crippen LogP contribution in [0.3, 0.4) is 0 Å². The molecule has 4 heterocycles. The van der Waals surface area contributed by atoms with E-state index in [1.165, 1.54) is 35.5 Å². The number of sulfone groups is 1. The molecule has 0 radical (unpaired) electrons. The van der Waals surface area contributed by atoms with Crippen LogP contribution in [0.1, 0.15) is 25.1 Å². The summed E-state index contributed by atoms with van der Waals surface area (Å²) in [5.74, 6) is -0.282. The number of morpholine rings is 1. The molecule has 1 fully saturated rings. The number of hydrogen-bond donors (Lipinski definition) is 1. The predicted molar refractivity (Wildman–Crippen MR) is 147 cm³/mol. The summed E-state index contributed by atoms with van der Waals surface area (Å²) in [7, 11) is -5.52. The third-order valence-electron chi connectivity index (χ3n) is 6.90. The molecule has 15 heteroatoms. The van der Waals surface area contributed by atoms with E-state index in [9.17, 15) is 34.8 Å². The van der Waals surface area contributed by atoms with Gasteiger partial charge in [0.25, 0.3) is 9.84 Å². The number of rotatable bonds is 6. The van der Waals surface area contributed by atoms with Crippen molar-refractivity contribution in [1.29, 1.82) is 0 Å². The molecule has 0 aliphatic carbocycles. The first-order chi connectivity index (χ1) is 20.1. The summed E-state index contributed by atoms with van der Waals surface area (Å²) < 4.78 is 109. The molecule has 1 saturated heterocycles. The lowest BCUT2D eigenvalue weighted by molar-refractivity contribution is -0.137. The molecule has 43 heavy (non-hydrogen) atoms. The second-order valence-corrected chi connectivity index (χ2v) is 12.3. The van der Waals surface area contributed by atoms with Crippen molar-refractivity contribution in [2.24, 2.45) is 0 Å². The molecule has 0 spiro atoms. The Labute approximate surface area is 243 Å². The van der Waals surface area contributed by atoms with Crippen molar-refractivity contribution in [3.8, 4) is 0 Å². The van der Waals surface area contributed by atoms with Gasteiger partial charge in [0.05, 0.1) is 33.7 Å². The van der Waals surface area contributed by atoms with Gasteiger partial charge in [-0.05, 0) is 56.3 Å². The molecule has 2 aromatic heterocycles. The average Bonchev–Trinajstić information content (AvgIpc) is 2.91. The number of nitrogens with zero attached hydrogens (tertiary/aromatic N) is 4. The van der Waals surface area contributed by atoms with Crippen LogP contribution in [0.25, 0.3) is 12.3 Å². The van der Waals surface area contributed by atoms with Gasteiger partial charge in [0.2, 0.25) is 0 Å². The maximum absolute atomic E-state index is 13.7. The summed E-state index contributed by atoms with van der Waals surface area (Å²) in [6.45, 7) is 5.59. The standard InChI is InChI=1S/C28H27F6N5O3S/c1-17-13-38(14-18(2)42-17)15-20-12-24(36-19-5-7-21(8-6-19)43(40,41)28(32,33)34)22-9-11-39(16-25(22)37-20)26-23(27(29,30)31)4-3-10-35-26/h3-10,12,16-18,36H,11,13-15H2,1-2H3. The van der Waals surface area contributed by atoms with Gasteiger partial charge in [0.15, 0.2) is 0 Å². The monoisotopic (exact) mass is 627 g/mol. The molecule has 0 bridgehead atoms. The SMILES string of the molecule is CC1CN(Cc2cc(Nc3ccc(S(=O)(=O)C(F)(F)F)cc3)c3c(n2)=CN(c2ncccc2C(F)(F)F)CC=3)CC(C)O1. The van der Waals surface area contributed by atoms with E-state index in [0.717, 1.165) is 18.2 Å². The van der Waals surface area contributed by atoms with Crippen LogP contribution in [0.5, 0.6) is 0 Å². The van der Waals surface area contributed by atoms with Crippen molar-refractivity contribution in [3.05, 3.63) is 70.5 Å². The largest absolute Gasteiger partial charge is 0.501 e. The second kappa shape index (κ2) is 11.4. The molecular weight excluding hydrogens is 600 g/mol. The van der Waals surface area contributed by atoms with Gasteiger partial charge in [-0.2, -0.15) is 26.3 Å². The van der Waals surface area contributed by atoms with E-state index in [4.69, 9.17) is 9.72 Å². The van der Waals surface area contributed by atoms with E-state index >= 15 is 0 Å². The normalized spacial score (nSPS) is 19.8. The number of fused-ring (bicyclic) bond motifs is 1. The molecule has 2 unspecified atom stereocenters. The average molecular weight is 628 g/mol. The Morgan fingerprint density at radius 2 is 1.70 bits per heavy atom. The van der Waals surface area contributed by atoms with Crippen LogP contribution in [0.4, 0.5) is 43.5 Å². The lowest BCUT2D eigenvalue weighted by Crippen LogP contribution is -2.46. The molecular formula is C28H27F6N5O3S. The summed E-state index contributed by atoms with van der Waals surface area (Å²) in [5, 5.41) is 4.02. The number of ether oxygens (including phenoxy) is 1. The number of halogens is 6. The number of hydrogen-bond acceptors (Lipinski definition) is 8. The lowest BCUT2D eigenvalue weighted by atomic mass is 10.1. The van der Waals surface area contributed by atoms with Gasteiger partial charge in [-0.3, -0.25) is 4.90 Å². The van der Waals surface area contributed by atoms with Crippen LogP contribution >= 0.6 is 0 Å². The highest BCUT2D eigenvalue weighted by Crippen LogP contribution is 2.35. The van der Waals surface area contributed by atoms with E-state index in [-0.39, 0.29) is 24.6 Å². The first kappa shape index (κ1) is 30.8. The third kappa shape index (κ3) is 6.63. The van der Waals surface area contributed by atoms with E-state index in [2.05, 4.69) is 15.2 Å². The highest BCUT2D eigenvalue weighted by atomic mass is 32.2. The summed E-state index contributed by atoms with van der Waals surface area (Å²) in [4.78, 5) is 11.3. The number of pyridine rings is 2. The maximum Gasteiger partial charge on any atom is 0.501 e. The fourth-order valence-corrected chi connectivity index (χ4v) is 5.92. The zero-order valence-electron chi connectivity index (χ0n) is 22.9. The fraction of sp³-hybridized carbons (Fsp3) is 0.357. The van der Waals surface area contributed by atoms with Gasteiger partial charge in [-0.1, -0.05) is 6.08 Å². The molecule has 230 valence electrons. The van der Waals surface area contributed by atoms with Crippen molar-refractivity contribution in [1.82, 2.24) is 14.9 Å². The smallest absolute Gasteiger partial charge is 0.373 e. The first-order valence-electron chi connectivity index (χ1n) is 13.2. The van der Waals surface area contributed by atoms with Crippen LogP contribution in [0, 0.1) is 0 Å². The molecule has 2 aliphatic rings. The Balaban J connectivity index is 1.54. The Hall–Kier alpha value is -3.69. The van der Waals surface area contributed by atoms with E-state index in [1.807, 2.05) is 13.8 Å². The quantitative estimate of drug-likeness (QED) is 0.408. The van der Waals surface area contributed by atoms with Gasteiger partial charge in [-0.25, -0.2) is 18.4 Å². The minimum Gasteiger partial charge on any atom is -0.373 e. The zero-order valence-corrected chi connectivity index (χ0v) is 23.8. The van der Waals surface area contributed by atoms with Crippen LogP contribution in [-0.2, 0) is 27.3 Å². The maximum atomic E-state index is 13.7. The Morgan fingerprint density at radius 3 is 2.33 bits per heavy atom. The van der Waals surface area contributed by atoms with Crippen LogP contribution < -0.4 is 20.8 Å². The summed E-state index contributed by atoms with van der Waals surface area (Å²) in [5.41, 5.74) is -4.96. The van der Waals surface area contributed by atoms with Crippen LogP contribution in [0.15, 0.2) is 53.6 Å². The number of nitrogens with one attached hydrogen (secondary N) is 1. The number of aromatic nitrogens is 2. The summed E-state index contributed by atoms with van der Waals surface area (Å²) >= 11 is 0. The highest BCUT2D eigenvalue weighted by Gasteiger charge is 2.46. The molecule has 1 aromatic carbocycles. The molecule has 2 atom stereocenters. The number of anilines is 3. The molecule has 3 aromatic rings. The lowest BCUT2D eigenvalue weighted by Gasteiger charge is -2.35. The second-order valence-electron chi connectivity index (χ2n) is 10.4. The topological polar surface area (TPSA) is 87.7 Å². The first-order valence-corrected chi connectivity index (χ1v) is 14.7. The Morgan fingerprint density at radius 1 is 1.02 bits per heavy atom. The third-order valence-corrected chi connectivity index (χ3v) is 8.41. The van der Waals surface area contributed by atoms with Crippen molar-refractivity contribution >= 4 is 39.3 Å². The summed E-state index contributed by atoms with van der Waals surface area (Å²) in [6, 6.07) is 8.04. The van der Waals surface area contributed by atoms with E-state index in [0.29, 0.717) is 47.3 Å². The van der Waals surface area contributed by atoms with Gasteiger partial charge in [0.1, 0.15) is 5.82 Å². The Bertz CT molecular complexity index is 1720. The predicted octanol–water partition coefficient (Wildman–Crippen LogP) is 4.18. The zero-order chi connectivity index (χ0) is 31.2. The Kier molecular flexibility index (Phi) is 8.17. The van der Waals surface area contributed by atoms with Crippen molar-refractivity contribution in [3.63, 3.8) is 0 Å². The number of benzene rings is 1. The fourth-order valence-electron chi connectivity index (χ4n) is 5.16. The molecule has 5 rings (SSSR count). The van der Waals surface area contributed by atoms with Crippen LogP contribution in [-0.4, -0.2) is 60.6 Å². The molecule has 8 nitrogen and oxygen atoms in total. The van der Waals surface area contributed by atoms with Crippen molar-refractivity contribution in [2.45, 2.75) is 49.2 Å². The van der Waals surface area contributed by atoms with Crippen LogP contribution in [0.2, 0.25) is 0 Å². The van der Waals surface area contributed by atoms with Gasteiger partial charge < -0.3 is 15.0 Å². The summed E-state index contributed by atoms with van der Waals surface area (Å²) in [6.07, 6.45) is -0.254. The molecule has 0 amide bonds. The highest BCUT2D eigenvalue weighted by molar-refractivity contribution is 7.92. The van der Waals surface area contributed by atoms with Gasteiger partial charge in [-0.15, -0.1) is 0 Å². The van der Waals surface area contributed by atoms with Crippen molar-refractivity contribution in [2.75, 3.05) is 29.9 Å². The molecule has 0 saturated carbocycles. The molecule has 1 N–H and O–H groups in total. The van der Waals surface area contributed by atoms with Gasteiger partial charge in [0, 0.05) is 55.2 Å². The number of alkyl halides is 6. The van der Waals surface area contributed by atoms with E-state index < -0.39 is 32.0 Å². The minimum atomic E-state index is -5.52. The van der Waals surface area contributed by atoms with E-state index in [1.54, 1.807) is 12.1 Å². The van der Waals surface area contributed by atoms with Crippen molar-refractivity contribution < 1.29 is 39.5 Å². The molecule has 2 aliphatic heterocycles.